The summed E-state index contributed by atoms with van der Waals surface area (Å²) in [6.45, 7) is 7.87. The predicted molar refractivity (Wildman–Crippen MR) is 76.5 cm³/mol. The van der Waals surface area contributed by atoms with Crippen molar-refractivity contribution in [2.45, 2.75) is 58.8 Å². The fourth-order valence-electron chi connectivity index (χ4n) is 2.37. The minimum Gasteiger partial charge on any atom is -0.303 e. The zero-order valence-corrected chi connectivity index (χ0v) is 12.3. The van der Waals surface area contributed by atoms with Crippen LogP contribution in [-0.4, -0.2) is 29.6 Å². The van der Waals surface area contributed by atoms with Gasteiger partial charge in [0.1, 0.15) is 0 Å². The summed E-state index contributed by atoms with van der Waals surface area (Å²) in [5.74, 6) is 0. The van der Waals surface area contributed by atoms with Gasteiger partial charge in [0.15, 0.2) is 5.12 Å². The van der Waals surface area contributed by atoms with Crippen molar-refractivity contribution in [2.24, 2.45) is 5.41 Å². The SMILES string of the molecule is CC(C)(CCCCCCN1CCCC1)C(=O)S. The standard InChI is InChI=1S/C14H27NOS/c1-14(2,13(16)17)9-5-3-4-6-10-15-11-7-8-12-15/h3-12H2,1-2H3,(H,16,17). The van der Waals surface area contributed by atoms with E-state index in [4.69, 9.17) is 0 Å². The highest BCUT2D eigenvalue weighted by molar-refractivity contribution is 7.96. The minimum atomic E-state index is -0.238. The van der Waals surface area contributed by atoms with Crippen LogP contribution in [0.1, 0.15) is 58.8 Å². The van der Waals surface area contributed by atoms with Gasteiger partial charge in [-0.15, -0.1) is 12.6 Å². The van der Waals surface area contributed by atoms with E-state index in [0.717, 1.165) is 12.8 Å². The lowest BCUT2D eigenvalue weighted by atomic mass is 9.88. The Bertz CT molecular complexity index is 234. The Balaban J connectivity index is 1.95. The first-order valence-corrected chi connectivity index (χ1v) is 7.43. The van der Waals surface area contributed by atoms with E-state index in [-0.39, 0.29) is 10.5 Å². The summed E-state index contributed by atoms with van der Waals surface area (Å²) >= 11 is 3.94. The second-order valence-electron chi connectivity index (χ2n) is 5.90. The Morgan fingerprint density at radius 3 is 2.29 bits per heavy atom. The Morgan fingerprint density at radius 2 is 1.71 bits per heavy atom. The second kappa shape index (κ2) is 7.42. The molecule has 1 aliphatic rings. The van der Waals surface area contributed by atoms with Crippen LogP contribution in [0.2, 0.25) is 0 Å². The number of rotatable bonds is 8. The Labute approximate surface area is 112 Å². The molecule has 0 amide bonds. The molecule has 0 saturated carbocycles. The van der Waals surface area contributed by atoms with E-state index in [9.17, 15) is 4.79 Å². The van der Waals surface area contributed by atoms with Gasteiger partial charge < -0.3 is 4.90 Å². The van der Waals surface area contributed by atoms with E-state index in [1.807, 2.05) is 13.8 Å². The monoisotopic (exact) mass is 257 g/mol. The van der Waals surface area contributed by atoms with Crippen molar-refractivity contribution in [3.8, 4) is 0 Å². The lowest BCUT2D eigenvalue weighted by Gasteiger charge is -2.20. The van der Waals surface area contributed by atoms with Crippen LogP contribution in [0.4, 0.5) is 0 Å². The fraction of sp³-hybridized carbons (Fsp3) is 0.929. The zero-order valence-electron chi connectivity index (χ0n) is 11.4. The molecule has 0 spiro atoms. The third-order valence-corrected chi connectivity index (χ3v) is 4.41. The number of nitrogens with zero attached hydrogens (tertiary/aromatic N) is 1. The number of unbranched alkanes of at least 4 members (excludes halogenated alkanes) is 3. The summed E-state index contributed by atoms with van der Waals surface area (Å²) in [4.78, 5) is 13.8. The summed E-state index contributed by atoms with van der Waals surface area (Å²) in [5.41, 5.74) is -0.238. The van der Waals surface area contributed by atoms with Crippen molar-refractivity contribution >= 4 is 17.7 Å². The van der Waals surface area contributed by atoms with Gasteiger partial charge in [0.25, 0.3) is 0 Å². The van der Waals surface area contributed by atoms with Crippen LogP contribution in [-0.2, 0) is 4.79 Å². The van der Waals surface area contributed by atoms with E-state index in [1.165, 1.54) is 51.7 Å². The third-order valence-electron chi connectivity index (χ3n) is 3.80. The average Bonchev–Trinajstić information content (AvgIpc) is 2.75. The van der Waals surface area contributed by atoms with Gasteiger partial charge in [-0.05, 0) is 45.3 Å². The highest BCUT2D eigenvalue weighted by Gasteiger charge is 2.23. The molecular formula is C14H27NOS. The summed E-state index contributed by atoms with van der Waals surface area (Å²) in [5, 5.41) is 0.0227. The third kappa shape index (κ3) is 5.91. The topological polar surface area (TPSA) is 20.3 Å². The molecule has 0 atom stereocenters. The number of likely N-dealkylation sites (tertiary alicyclic amines) is 1. The van der Waals surface area contributed by atoms with E-state index in [0.29, 0.717) is 0 Å². The van der Waals surface area contributed by atoms with Crippen molar-refractivity contribution in [1.29, 1.82) is 0 Å². The molecule has 0 bridgehead atoms. The molecule has 0 aromatic heterocycles. The Hall–Kier alpha value is -0.0200. The lowest BCUT2D eigenvalue weighted by Crippen LogP contribution is -2.20. The van der Waals surface area contributed by atoms with Crippen molar-refractivity contribution in [1.82, 2.24) is 4.90 Å². The molecule has 3 heteroatoms. The number of hydrogen-bond acceptors (Lipinski definition) is 2. The number of hydrogen-bond donors (Lipinski definition) is 1. The number of thiol groups is 1. The van der Waals surface area contributed by atoms with Crippen LogP contribution in [0.15, 0.2) is 0 Å². The van der Waals surface area contributed by atoms with Crippen molar-refractivity contribution in [3.05, 3.63) is 0 Å². The van der Waals surface area contributed by atoms with Crippen LogP contribution in [0, 0.1) is 5.41 Å². The van der Waals surface area contributed by atoms with Crippen LogP contribution in [0.5, 0.6) is 0 Å². The number of carbonyl (C=O) groups is 1. The quantitative estimate of drug-likeness (QED) is 0.530. The molecule has 1 rings (SSSR count). The minimum absolute atomic E-state index is 0.0227. The molecule has 17 heavy (non-hydrogen) atoms. The summed E-state index contributed by atoms with van der Waals surface area (Å²) < 4.78 is 0. The molecule has 1 aliphatic heterocycles. The summed E-state index contributed by atoms with van der Waals surface area (Å²) in [6, 6.07) is 0. The van der Waals surface area contributed by atoms with Crippen molar-refractivity contribution in [3.63, 3.8) is 0 Å². The van der Waals surface area contributed by atoms with Gasteiger partial charge in [-0.3, -0.25) is 4.79 Å². The van der Waals surface area contributed by atoms with E-state index >= 15 is 0 Å². The van der Waals surface area contributed by atoms with Gasteiger partial charge in [0, 0.05) is 5.41 Å². The van der Waals surface area contributed by atoms with Gasteiger partial charge in [0.05, 0.1) is 0 Å². The van der Waals surface area contributed by atoms with E-state index in [1.54, 1.807) is 0 Å². The van der Waals surface area contributed by atoms with Gasteiger partial charge in [-0.25, -0.2) is 0 Å². The van der Waals surface area contributed by atoms with Crippen LogP contribution >= 0.6 is 12.6 Å². The maximum absolute atomic E-state index is 11.2. The smallest absolute Gasteiger partial charge is 0.191 e. The van der Waals surface area contributed by atoms with Crippen molar-refractivity contribution in [2.75, 3.05) is 19.6 Å². The fourth-order valence-corrected chi connectivity index (χ4v) is 2.48. The first kappa shape index (κ1) is 15.0. The van der Waals surface area contributed by atoms with Gasteiger partial charge in [0.2, 0.25) is 0 Å². The first-order chi connectivity index (χ1) is 8.02. The highest BCUT2D eigenvalue weighted by Crippen LogP contribution is 2.26. The second-order valence-corrected chi connectivity index (χ2v) is 6.31. The van der Waals surface area contributed by atoms with E-state index < -0.39 is 0 Å². The largest absolute Gasteiger partial charge is 0.303 e. The molecule has 1 fully saturated rings. The van der Waals surface area contributed by atoms with Gasteiger partial charge in [-0.1, -0.05) is 33.1 Å². The van der Waals surface area contributed by atoms with Crippen LogP contribution in [0.3, 0.4) is 0 Å². The maximum Gasteiger partial charge on any atom is 0.191 e. The summed E-state index contributed by atoms with van der Waals surface area (Å²) in [6.07, 6.45) is 8.76. The molecule has 1 heterocycles. The number of carbonyl (C=O) groups excluding carboxylic acids is 1. The molecule has 0 radical (unpaired) electrons. The maximum atomic E-state index is 11.2. The Kier molecular flexibility index (Phi) is 6.57. The molecule has 0 aliphatic carbocycles. The molecule has 0 unspecified atom stereocenters. The molecule has 0 aromatic rings. The molecule has 2 nitrogen and oxygen atoms in total. The molecule has 1 saturated heterocycles. The average molecular weight is 257 g/mol. The van der Waals surface area contributed by atoms with Crippen LogP contribution < -0.4 is 0 Å². The molecule has 0 aromatic carbocycles. The van der Waals surface area contributed by atoms with Gasteiger partial charge in [-0.2, -0.15) is 0 Å². The predicted octanol–water partition coefficient (Wildman–Crippen LogP) is 3.52. The summed E-state index contributed by atoms with van der Waals surface area (Å²) in [7, 11) is 0. The first-order valence-electron chi connectivity index (χ1n) is 6.98. The van der Waals surface area contributed by atoms with Crippen LogP contribution in [0.25, 0.3) is 0 Å². The molecular weight excluding hydrogens is 230 g/mol. The zero-order chi connectivity index (χ0) is 12.7. The lowest BCUT2D eigenvalue weighted by molar-refractivity contribution is -0.118. The van der Waals surface area contributed by atoms with Crippen molar-refractivity contribution < 1.29 is 4.79 Å². The highest BCUT2D eigenvalue weighted by atomic mass is 32.1. The Morgan fingerprint density at radius 1 is 1.12 bits per heavy atom. The normalized spacial score (nSPS) is 17.6. The van der Waals surface area contributed by atoms with E-state index in [2.05, 4.69) is 17.5 Å². The molecule has 0 N–H and O–H groups in total. The molecule has 100 valence electrons. The van der Waals surface area contributed by atoms with Gasteiger partial charge >= 0.3 is 0 Å².